The van der Waals surface area contributed by atoms with Crippen LogP contribution in [-0.4, -0.2) is 26.8 Å². The lowest BCUT2D eigenvalue weighted by atomic mass is 10.2. The van der Waals surface area contributed by atoms with Crippen LogP contribution in [0, 0.1) is 0 Å². The second-order valence-electron chi connectivity index (χ2n) is 4.44. The summed E-state index contributed by atoms with van der Waals surface area (Å²) in [6, 6.07) is 12.9. The van der Waals surface area contributed by atoms with Crippen LogP contribution in [0.2, 0.25) is 0 Å². The maximum atomic E-state index is 11.8. The highest BCUT2D eigenvalue weighted by atomic mass is 79.9. The highest BCUT2D eigenvalue weighted by molar-refractivity contribution is 9.10. The van der Waals surface area contributed by atoms with Crippen molar-refractivity contribution in [3.05, 3.63) is 53.1 Å². The average Bonchev–Trinajstić information content (AvgIpc) is 3.03. The highest BCUT2D eigenvalue weighted by Crippen LogP contribution is 2.25. The fourth-order valence-electron chi connectivity index (χ4n) is 1.75. The van der Waals surface area contributed by atoms with E-state index in [1.807, 2.05) is 24.3 Å². The smallest absolute Gasteiger partial charge is 0.277 e. The largest absolute Gasteiger partial charge is 0.411 e. The van der Waals surface area contributed by atoms with Gasteiger partial charge in [-0.2, -0.15) is 0 Å². The van der Waals surface area contributed by atoms with Gasteiger partial charge in [0, 0.05) is 16.2 Å². The Morgan fingerprint density at radius 1 is 1.22 bits per heavy atom. The van der Waals surface area contributed by atoms with Gasteiger partial charge >= 0.3 is 0 Å². The van der Waals surface area contributed by atoms with E-state index >= 15 is 0 Å². The molecule has 3 rings (SSSR count). The third kappa shape index (κ3) is 4.40. The Balaban J connectivity index is 1.58. The minimum Gasteiger partial charge on any atom is -0.411 e. The zero-order chi connectivity index (χ0) is 16.1. The van der Waals surface area contributed by atoms with Gasteiger partial charge < -0.3 is 9.73 Å². The van der Waals surface area contributed by atoms with Crippen molar-refractivity contribution in [3.63, 3.8) is 0 Å². The van der Waals surface area contributed by atoms with Gasteiger partial charge in [0.15, 0.2) is 0 Å². The second kappa shape index (κ2) is 7.38. The summed E-state index contributed by atoms with van der Waals surface area (Å²) in [4.78, 5) is 15.9. The van der Waals surface area contributed by atoms with E-state index in [1.54, 1.807) is 24.4 Å². The number of halogens is 1. The molecule has 1 N–H and O–H groups in total. The van der Waals surface area contributed by atoms with Crippen molar-refractivity contribution in [2.75, 3.05) is 11.1 Å². The minimum absolute atomic E-state index is 0.163. The third-order valence-corrected chi connectivity index (χ3v) is 4.05. The monoisotopic (exact) mass is 390 g/mol. The first-order valence-corrected chi connectivity index (χ1v) is 8.42. The van der Waals surface area contributed by atoms with Crippen LogP contribution in [0.1, 0.15) is 0 Å². The Morgan fingerprint density at radius 2 is 2.13 bits per heavy atom. The second-order valence-corrected chi connectivity index (χ2v) is 6.28. The lowest BCUT2D eigenvalue weighted by molar-refractivity contribution is -0.113. The molecule has 8 heteroatoms. The maximum absolute atomic E-state index is 11.8. The quantitative estimate of drug-likeness (QED) is 0.669. The summed E-state index contributed by atoms with van der Waals surface area (Å²) in [5.74, 6) is 0.907. The number of carbonyl (C=O) groups excluding carboxylic acids is 1. The number of nitrogens with zero attached hydrogens (tertiary/aromatic N) is 3. The highest BCUT2D eigenvalue weighted by Gasteiger charge is 2.11. The number of amides is 1. The van der Waals surface area contributed by atoms with Crippen LogP contribution >= 0.6 is 27.7 Å². The third-order valence-electron chi connectivity index (χ3n) is 2.74. The van der Waals surface area contributed by atoms with Crippen molar-refractivity contribution in [2.45, 2.75) is 5.22 Å². The minimum atomic E-state index is -0.184. The number of thioether (sulfide) groups is 1. The molecule has 1 aromatic carbocycles. The van der Waals surface area contributed by atoms with Crippen LogP contribution in [-0.2, 0) is 4.79 Å². The van der Waals surface area contributed by atoms with Crippen molar-refractivity contribution in [3.8, 4) is 11.5 Å². The molecule has 0 aliphatic carbocycles. The molecule has 2 heterocycles. The molecular weight excluding hydrogens is 380 g/mol. The van der Waals surface area contributed by atoms with Crippen LogP contribution in [0.4, 0.5) is 5.82 Å². The summed E-state index contributed by atoms with van der Waals surface area (Å²) < 4.78 is 6.48. The van der Waals surface area contributed by atoms with E-state index in [4.69, 9.17) is 4.42 Å². The number of carbonyl (C=O) groups is 1. The van der Waals surface area contributed by atoms with Crippen molar-refractivity contribution < 1.29 is 9.21 Å². The van der Waals surface area contributed by atoms with Crippen molar-refractivity contribution >= 4 is 39.4 Å². The van der Waals surface area contributed by atoms with Gasteiger partial charge in [-0.25, -0.2) is 4.98 Å². The maximum Gasteiger partial charge on any atom is 0.277 e. The van der Waals surface area contributed by atoms with E-state index in [1.165, 1.54) is 11.8 Å². The fraction of sp³-hybridized carbons (Fsp3) is 0.0667. The van der Waals surface area contributed by atoms with Crippen molar-refractivity contribution in [2.24, 2.45) is 0 Å². The number of hydrogen-bond acceptors (Lipinski definition) is 6. The van der Waals surface area contributed by atoms with E-state index in [2.05, 4.69) is 36.4 Å². The van der Waals surface area contributed by atoms with Crippen molar-refractivity contribution in [1.29, 1.82) is 0 Å². The Hall–Kier alpha value is -2.19. The first kappa shape index (κ1) is 15.7. The van der Waals surface area contributed by atoms with Gasteiger partial charge in [-0.15, -0.1) is 10.2 Å². The molecule has 0 aliphatic rings. The predicted octanol–water partition coefficient (Wildman–Crippen LogP) is 3.62. The molecule has 1 amide bonds. The summed E-state index contributed by atoms with van der Waals surface area (Å²) in [7, 11) is 0. The molecule has 0 atom stereocenters. The molecule has 0 radical (unpaired) electrons. The van der Waals surface area contributed by atoms with Crippen LogP contribution in [0.5, 0.6) is 0 Å². The van der Waals surface area contributed by atoms with Crippen LogP contribution in [0.3, 0.4) is 0 Å². The SMILES string of the molecule is O=C(CSc1nnc(-c2cccc(Br)c2)o1)Nc1ccccn1. The van der Waals surface area contributed by atoms with Gasteiger partial charge in [0.25, 0.3) is 5.22 Å². The Bertz CT molecular complexity index is 810. The molecule has 0 fully saturated rings. The lowest BCUT2D eigenvalue weighted by Crippen LogP contribution is -2.14. The summed E-state index contributed by atoms with van der Waals surface area (Å²) in [5, 5.41) is 11.0. The average molecular weight is 391 g/mol. The lowest BCUT2D eigenvalue weighted by Gasteiger charge is -2.01. The zero-order valence-corrected chi connectivity index (χ0v) is 14.2. The van der Waals surface area contributed by atoms with E-state index in [9.17, 15) is 4.79 Å². The van der Waals surface area contributed by atoms with Gasteiger partial charge in [-0.1, -0.05) is 39.8 Å². The number of rotatable bonds is 5. The molecule has 0 aliphatic heterocycles. The van der Waals surface area contributed by atoms with E-state index in [0.29, 0.717) is 16.9 Å². The summed E-state index contributed by atoms with van der Waals surface area (Å²) in [5.41, 5.74) is 0.816. The molecule has 0 unspecified atom stereocenters. The number of pyridine rings is 1. The van der Waals surface area contributed by atoms with Crippen LogP contribution in [0.25, 0.3) is 11.5 Å². The first-order valence-electron chi connectivity index (χ1n) is 6.64. The van der Waals surface area contributed by atoms with Crippen LogP contribution < -0.4 is 5.32 Å². The van der Waals surface area contributed by atoms with E-state index in [-0.39, 0.29) is 11.7 Å². The molecule has 3 aromatic rings. The van der Waals surface area contributed by atoms with Gasteiger partial charge in [-0.05, 0) is 30.3 Å². The molecule has 0 saturated carbocycles. The standard InChI is InChI=1S/C15H11BrN4O2S/c16-11-5-3-4-10(8-11)14-19-20-15(22-14)23-9-13(21)18-12-6-1-2-7-17-12/h1-8H,9H2,(H,17,18,21). The topological polar surface area (TPSA) is 80.9 Å². The van der Waals surface area contributed by atoms with Crippen molar-refractivity contribution in [1.82, 2.24) is 15.2 Å². The molecule has 116 valence electrons. The summed E-state index contributed by atoms with van der Waals surface area (Å²) in [6.07, 6.45) is 1.62. The molecule has 0 bridgehead atoms. The molecule has 6 nitrogen and oxygen atoms in total. The number of aromatic nitrogens is 3. The van der Waals surface area contributed by atoms with E-state index in [0.717, 1.165) is 10.0 Å². The predicted molar refractivity (Wildman–Crippen MR) is 91.0 cm³/mol. The number of hydrogen-bond donors (Lipinski definition) is 1. The first-order chi connectivity index (χ1) is 11.2. The fourth-order valence-corrected chi connectivity index (χ4v) is 2.71. The molecule has 0 spiro atoms. The molecule has 2 aromatic heterocycles. The number of anilines is 1. The molecule has 0 saturated heterocycles. The summed E-state index contributed by atoms with van der Waals surface area (Å²) >= 11 is 4.57. The Morgan fingerprint density at radius 3 is 2.91 bits per heavy atom. The Labute approximate surface area is 144 Å². The zero-order valence-electron chi connectivity index (χ0n) is 11.8. The summed E-state index contributed by atoms with van der Waals surface area (Å²) in [6.45, 7) is 0. The van der Waals surface area contributed by atoms with Gasteiger partial charge in [0.2, 0.25) is 11.8 Å². The molecule has 23 heavy (non-hydrogen) atoms. The van der Waals surface area contributed by atoms with Gasteiger partial charge in [-0.3, -0.25) is 4.79 Å². The van der Waals surface area contributed by atoms with Gasteiger partial charge in [0.05, 0.1) is 5.75 Å². The number of benzene rings is 1. The Kier molecular flexibility index (Phi) is 5.04. The molecular formula is C15H11BrN4O2S. The normalized spacial score (nSPS) is 10.5. The van der Waals surface area contributed by atoms with Gasteiger partial charge in [0.1, 0.15) is 5.82 Å². The van der Waals surface area contributed by atoms with Crippen LogP contribution in [0.15, 0.2) is 62.8 Å². The number of nitrogens with one attached hydrogen (secondary N) is 1. The van der Waals surface area contributed by atoms with E-state index < -0.39 is 0 Å².